The molecule has 0 aliphatic carbocycles. The smallest absolute Gasteiger partial charge is 0.131 e. The highest BCUT2D eigenvalue weighted by atomic mass is 16.5. The minimum absolute atomic E-state index is 0.538. The Morgan fingerprint density at radius 1 is 1.38 bits per heavy atom. The second-order valence-corrected chi connectivity index (χ2v) is 2.16. The molecule has 2 nitrogen and oxygen atoms in total. The van der Waals surface area contributed by atoms with Crippen molar-refractivity contribution in [1.82, 2.24) is 5.32 Å². The largest absolute Gasteiger partial charge is 0.579 e. The number of nitrogens with one attached hydrogen (secondary N) is 1. The molecule has 1 rings (SSSR count). The number of rotatable bonds is 1. The lowest BCUT2D eigenvalue weighted by atomic mass is 10.1. The molecule has 1 aliphatic heterocycles. The molecule has 48 valence electrons. The number of hydrogen-bond acceptors (Lipinski definition) is 1. The van der Waals surface area contributed by atoms with Crippen molar-refractivity contribution in [3.8, 4) is 0 Å². The van der Waals surface area contributed by atoms with Gasteiger partial charge in [-0.15, -0.1) is 0 Å². The number of aliphatic hydroxyl groups is 2. The van der Waals surface area contributed by atoms with Gasteiger partial charge in [0.2, 0.25) is 0 Å². The molecule has 0 saturated carbocycles. The minimum atomic E-state index is 0.538. The maximum Gasteiger partial charge on any atom is 0.131 e. The first-order valence-electron chi connectivity index (χ1n) is 3.10. The Morgan fingerprint density at radius 2 is 2.00 bits per heavy atom. The van der Waals surface area contributed by atoms with Crippen LogP contribution < -0.4 is 5.32 Å². The average molecular weight is 115 g/mol. The van der Waals surface area contributed by atoms with Crippen molar-refractivity contribution < 1.29 is 4.74 Å². The number of ether oxygens (including phenoxy) is 1. The van der Waals surface area contributed by atoms with Crippen LogP contribution in [0.1, 0.15) is 12.8 Å². The predicted molar refractivity (Wildman–Crippen MR) is 33.5 cm³/mol. The molecule has 0 amide bonds. The molecule has 1 aliphatic rings. The zero-order valence-corrected chi connectivity index (χ0v) is 5.06. The van der Waals surface area contributed by atoms with Crippen LogP contribution in [0.25, 0.3) is 0 Å². The van der Waals surface area contributed by atoms with E-state index < -0.39 is 0 Å². The molecule has 0 unspecified atom stereocenters. The molecule has 0 bridgehead atoms. The highest BCUT2D eigenvalue weighted by molar-refractivity contribution is 4.66. The Hall–Kier alpha value is -0.0800. The molecule has 2 heteroatoms. The third kappa shape index (κ3) is 1.46. The maximum atomic E-state index is 3.96. The highest BCUT2D eigenvalue weighted by Gasteiger charge is 2.12. The van der Waals surface area contributed by atoms with E-state index in [9.17, 15) is 0 Å². The summed E-state index contributed by atoms with van der Waals surface area (Å²) >= 11 is 0. The zero-order chi connectivity index (χ0) is 5.82. The van der Waals surface area contributed by atoms with E-state index in [1.165, 1.54) is 12.8 Å². The summed E-state index contributed by atoms with van der Waals surface area (Å²) in [4.78, 5) is 0. The Balaban J connectivity index is 2.13. The quantitative estimate of drug-likeness (QED) is 0.379. The third-order valence-corrected chi connectivity index (χ3v) is 1.57. The molecule has 0 atom stereocenters. The third-order valence-electron chi connectivity index (χ3n) is 1.57. The predicted octanol–water partition coefficient (Wildman–Crippen LogP) is 0.0580. The maximum absolute atomic E-state index is 3.96. The van der Waals surface area contributed by atoms with E-state index in [-0.39, 0.29) is 0 Å². The van der Waals surface area contributed by atoms with Crippen LogP contribution in [0.5, 0.6) is 0 Å². The van der Waals surface area contributed by atoms with Gasteiger partial charge in [-0.05, 0) is 0 Å². The van der Waals surface area contributed by atoms with Crippen molar-refractivity contribution in [3.63, 3.8) is 0 Å². The van der Waals surface area contributed by atoms with Gasteiger partial charge in [0.1, 0.15) is 6.10 Å². The van der Waals surface area contributed by atoms with Gasteiger partial charge in [0.15, 0.2) is 0 Å². The van der Waals surface area contributed by atoms with Gasteiger partial charge in [0.05, 0.1) is 0 Å². The summed E-state index contributed by atoms with van der Waals surface area (Å²) < 4.78 is 3.96. The fourth-order valence-electron chi connectivity index (χ4n) is 0.989. The molecule has 1 saturated heterocycles. The summed E-state index contributed by atoms with van der Waals surface area (Å²) in [6.45, 7) is 2.23. The molecule has 8 heavy (non-hydrogen) atoms. The van der Waals surface area contributed by atoms with E-state index in [4.69, 9.17) is 0 Å². The first-order chi connectivity index (χ1) is 3.93. The first kappa shape index (κ1) is 6.05. The molecule has 1 fully saturated rings. The summed E-state index contributed by atoms with van der Waals surface area (Å²) in [5.41, 5.74) is 0. The van der Waals surface area contributed by atoms with Gasteiger partial charge < -0.3 is 10.1 Å². The van der Waals surface area contributed by atoms with Crippen molar-refractivity contribution >= 4 is 0 Å². The molecular formula is C6H13NO. The van der Waals surface area contributed by atoms with E-state index in [1.807, 2.05) is 0 Å². The Morgan fingerprint density at radius 3 is 2.38 bits per heavy atom. The fourth-order valence-corrected chi connectivity index (χ4v) is 0.989. The summed E-state index contributed by atoms with van der Waals surface area (Å²) in [6, 6.07) is 0. The highest BCUT2D eigenvalue weighted by Crippen LogP contribution is 2.02. The number of piperidine rings is 1. The van der Waals surface area contributed by atoms with Crippen LogP contribution in [0.2, 0.25) is 0 Å². The van der Waals surface area contributed by atoms with Crippen molar-refractivity contribution in [2.24, 2.45) is 0 Å². The van der Waals surface area contributed by atoms with Crippen molar-refractivity contribution in [2.75, 3.05) is 13.1 Å². The molecule has 2 N–H and O–H groups in total. The monoisotopic (exact) mass is 115 g/mol. The van der Waals surface area contributed by atoms with Gasteiger partial charge in [-0.25, -0.2) is 0 Å². The van der Waals surface area contributed by atoms with Crippen LogP contribution in [-0.2, 0) is 0 Å². The van der Waals surface area contributed by atoms with Crippen LogP contribution in [0.15, 0.2) is 0 Å². The summed E-state index contributed by atoms with van der Waals surface area (Å²) in [7, 11) is 3.51. The molecule has 0 aromatic rings. The van der Waals surface area contributed by atoms with Gasteiger partial charge in [0, 0.05) is 25.9 Å². The lowest BCUT2D eigenvalue weighted by molar-refractivity contribution is -0.0413. The second-order valence-electron chi connectivity index (χ2n) is 2.16. The summed E-state index contributed by atoms with van der Waals surface area (Å²) in [6.07, 6.45) is 2.88. The van der Waals surface area contributed by atoms with Gasteiger partial charge in [-0.2, -0.15) is 0 Å². The van der Waals surface area contributed by atoms with Gasteiger partial charge >= 0.3 is 0 Å². The Kier molecular flexibility index (Phi) is 2.30. The summed E-state index contributed by atoms with van der Waals surface area (Å²) in [5, 5.41) is 3.26. The molecule has 0 radical (unpaired) electrons. The lowest BCUT2D eigenvalue weighted by Gasteiger charge is -2.20. The van der Waals surface area contributed by atoms with Crippen molar-refractivity contribution in [3.05, 3.63) is 7.11 Å². The van der Waals surface area contributed by atoms with E-state index in [1.54, 1.807) is 0 Å². The number of hydrogen-bond donors (Lipinski definition) is 1. The topological polar surface area (TPSA) is 24.8 Å². The van der Waals surface area contributed by atoms with E-state index >= 15 is 0 Å². The summed E-state index contributed by atoms with van der Waals surface area (Å²) in [5.74, 6) is 0. The van der Waals surface area contributed by atoms with Crippen LogP contribution >= 0.6 is 0 Å². The standard InChI is InChI=1S/C6H13NO/c1-8-6-2-4-7-5-3-6/h6-8H,1-5H2. The molecule has 1 heterocycles. The SMILES string of the molecule is [CH2-][OH+]C1CCNCC1. The molecule has 0 spiro atoms. The van der Waals surface area contributed by atoms with E-state index in [0.29, 0.717) is 6.10 Å². The van der Waals surface area contributed by atoms with Gasteiger partial charge in [-0.1, -0.05) is 7.11 Å². The van der Waals surface area contributed by atoms with Crippen LogP contribution in [0.4, 0.5) is 0 Å². The average Bonchev–Trinajstić information content (AvgIpc) is 1.90. The van der Waals surface area contributed by atoms with Crippen molar-refractivity contribution in [2.45, 2.75) is 18.9 Å². The van der Waals surface area contributed by atoms with Gasteiger partial charge in [0.25, 0.3) is 0 Å². The van der Waals surface area contributed by atoms with E-state index in [0.717, 1.165) is 13.1 Å². The van der Waals surface area contributed by atoms with Crippen LogP contribution in [0.3, 0.4) is 0 Å². The molecule has 0 aromatic heterocycles. The van der Waals surface area contributed by atoms with Crippen LogP contribution in [-0.4, -0.2) is 23.9 Å². The van der Waals surface area contributed by atoms with Crippen LogP contribution in [0, 0.1) is 7.11 Å². The van der Waals surface area contributed by atoms with Gasteiger partial charge in [-0.3, -0.25) is 0 Å². The zero-order valence-electron chi connectivity index (χ0n) is 5.06. The Labute approximate surface area is 50.2 Å². The molecule has 0 aromatic carbocycles. The normalized spacial score (nSPS) is 23.6. The fraction of sp³-hybridized carbons (Fsp3) is 0.833. The minimum Gasteiger partial charge on any atom is -0.579 e. The lowest BCUT2D eigenvalue weighted by Crippen LogP contribution is -2.32. The second kappa shape index (κ2) is 3.05. The van der Waals surface area contributed by atoms with E-state index in [2.05, 4.69) is 17.2 Å². The Bertz CT molecular complexity index is 59.5. The first-order valence-corrected chi connectivity index (χ1v) is 3.10. The van der Waals surface area contributed by atoms with Crippen molar-refractivity contribution in [1.29, 1.82) is 0 Å². The molecular weight excluding hydrogens is 102 g/mol.